The minimum absolute atomic E-state index is 0. The third kappa shape index (κ3) is 7.14. The largest absolute Gasteiger partial charge is 0.507 e. The summed E-state index contributed by atoms with van der Waals surface area (Å²) in [5.74, 6) is 0.606. The zero-order valence-electron chi connectivity index (χ0n) is 31.1. The summed E-state index contributed by atoms with van der Waals surface area (Å²) in [6.07, 6.45) is 1.89. The maximum absolute atomic E-state index is 11.5. The molecule has 0 saturated heterocycles. The molecule has 0 saturated carbocycles. The standard InChI is InChI=1S/C47H45N2O2.Pt/c1-45(2,3)36-27-38(43(50)39(28-36)46(4,5)6)44-49-42-37(18-13-19-41(42)51-44)32-16-12-17-33(26-32)40-29-35(24-25-48-40)47(7,8)34-22-20-31(21-23-34)30-14-10-9-11-15-30;/h9-25,27-29,50H,1-8H3;/q-1;. The van der Waals surface area contributed by atoms with Crippen molar-refractivity contribution in [3.63, 3.8) is 0 Å². The number of aromatic nitrogens is 2. The molecule has 0 aliphatic rings. The van der Waals surface area contributed by atoms with Crippen molar-refractivity contribution in [1.29, 1.82) is 0 Å². The van der Waals surface area contributed by atoms with Gasteiger partial charge in [0.1, 0.15) is 11.3 Å². The number of phenolic OH excluding ortho intramolecular Hbond substituents is 1. The molecule has 0 aliphatic carbocycles. The summed E-state index contributed by atoms with van der Waals surface area (Å²) in [5.41, 5.74) is 11.7. The van der Waals surface area contributed by atoms with Crippen LogP contribution in [0.5, 0.6) is 5.75 Å². The smallest absolute Gasteiger partial charge is 0.230 e. The van der Waals surface area contributed by atoms with Crippen LogP contribution in [0.4, 0.5) is 0 Å². The fourth-order valence-corrected chi connectivity index (χ4v) is 6.70. The third-order valence-electron chi connectivity index (χ3n) is 9.99. The number of nitrogens with zero attached hydrogens (tertiary/aromatic N) is 2. The van der Waals surface area contributed by atoms with Gasteiger partial charge >= 0.3 is 0 Å². The van der Waals surface area contributed by atoms with Crippen molar-refractivity contribution in [2.45, 2.75) is 71.6 Å². The molecule has 2 aromatic heterocycles. The maximum atomic E-state index is 11.5. The molecule has 52 heavy (non-hydrogen) atoms. The van der Waals surface area contributed by atoms with Gasteiger partial charge in [0.15, 0.2) is 0 Å². The number of aromatic hydroxyl groups is 1. The molecule has 0 spiro atoms. The molecule has 4 nitrogen and oxygen atoms in total. The SMILES string of the molecule is CC(C)(C)c1cc(-c2nc3c(-c4[c-]c(-c5cc(C(C)(C)c6ccc(-c7ccccc7)cc6)ccn5)ccc4)cccc3o2)c(O)c(C(C)(C)C)c1.[Pt]. The van der Waals surface area contributed by atoms with Crippen LogP contribution in [0.1, 0.15) is 77.6 Å². The van der Waals surface area contributed by atoms with Crippen LogP contribution in [0.15, 0.2) is 126 Å². The zero-order chi connectivity index (χ0) is 36.1. The van der Waals surface area contributed by atoms with Crippen molar-refractivity contribution in [2.75, 3.05) is 0 Å². The van der Waals surface area contributed by atoms with E-state index in [9.17, 15) is 5.11 Å². The van der Waals surface area contributed by atoms with E-state index in [2.05, 4.69) is 134 Å². The summed E-state index contributed by atoms with van der Waals surface area (Å²) in [6, 6.07) is 43.4. The van der Waals surface area contributed by atoms with Gasteiger partial charge in [0.05, 0.1) is 11.1 Å². The van der Waals surface area contributed by atoms with Crippen molar-refractivity contribution in [3.8, 4) is 50.7 Å². The van der Waals surface area contributed by atoms with E-state index in [1.165, 1.54) is 22.3 Å². The van der Waals surface area contributed by atoms with Gasteiger partial charge in [-0.2, -0.15) is 0 Å². The van der Waals surface area contributed by atoms with Gasteiger partial charge in [-0.25, -0.2) is 4.98 Å². The van der Waals surface area contributed by atoms with Gasteiger partial charge in [0.2, 0.25) is 5.89 Å². The van der Waals surface area contributed by atoms with Crippen LogP contribution in [-0.4, -0.2) is 15.1 Å². The predicted octanol–water partition coefficient (Wildman–Crippen LogP) is 12.3. The van der Waals surface area contributed by atoms with Gasteiger partial charge < -0.3 is 9.52 Å². The van der Waals surface area contributed by atoms with Crippen LogP contribution in [0.3, 0.4) is 0 Å². The second-order valence-corrected chi connectivity index (χ2v) is 16.1. The number of para-hydroxylation sites is 1. The number of pyridine rings is 1. The van der Waals surface area contributed by atoms with Gasteiger partial charge in [0, 0.05) is 43.9 Å². The van der Waals surface area contributed by atoms with E-state index in [-0.39, 0.29) is 43.1 Å². The van der Waals surface area contributed by atoms with E-state index in [0.29, 0.717) is 17.0 Å². The monoisotopic (exact) mass is 864 g/mol. The van der Waals surface area contributed by atoms with Crippen molar-refractivity contribution < 1.29 is 30.6 Å². The van der Waals surface area contributed by atoms with Crippen molar-refractivity contribution in [2.24, 2.45) is 0 Å². The Morgan fingerprint density at radius 3 is 1.96 bits per heavy atom. The Kier molecular flexibility index (Phi) is 9.94. The zero-order valence-corrected chi connectivity index (χ0v) is 33.4. The van der Waals surface area contributed by atoms with Crippen LogP contribution < -0.4 is 0 Å². The minimum Gasteiger partial charge on any atom is -0.507 e. The van der Waals surface area contributed by atoms with Crippen LogP contribution in [0.25, 0.3) is 56.1 Å². The van der Waals surface area contributed by atoms with E-state index in [4.69, 9.17) is 14.4 Å². The van der Waals surface area contributed by atoms with E-state index in [0.717, 1.165) is 39.0 Å². The summed E-state index contributed by atoms with van der Waals surface area (Å²) in [4.78, 5) is 9.80. The summed E-state index contributed by atoms with van der Waals surface area (Å²) in [6.45, 7) is 17.4. The summed E-state index contributed by atoms with van der Waals surface area (Å²) < 4.78 is 6.38. The summed E-state index contributed by atoms with van der Waals surface area (Å²) >= 11 is 0. The van der Waals surface area contributed by atoms with E-state index >= 15 is 0 Å². The van der Waals surface area contributed by atoms with E-state index in [1.807, 2.05) is 48.7 Å². The second kappa shape index (κ2) is 14.0. The third-order valence-corrected chi connectivity index (χ3v) is 9.99. The van der Waals surface area contributed by atoms with Gasteiger partial charge in [-0.3, -0.25) is 4.98 Å². The number of oxazole rings is 1. The topological polar surface area (TPSA) is 59.2 Å². The number of fused-ring (bicyclic) bond motifs is 1. The van der Waals surface area contributed by atoms with Crippen LogP contribution in [0.2, 0.25) is 0 Å². The molecule has 1 N–H and O–H groups in total. The molecule has 0 fully saturated rings. The average Bonchev–Trinajstić information content (AvgIpc) is 3.56. The number of rotatable bonds is 6. The first-order valence-electron chi connectivity index (χ1n) is 17.6. The van der Waals surface area contributed by atoms with E-state index < -0.39 is 0 Å². The number of hydrogen-bond acceptors (Lipinski definition) is 4. The molecule has 0 unspecified atom stereocenters. The van der Waals surface area contributed by atoms with Gasteiger partial charge in [-0.05, 0) is 56.8 Å². The molecule has 0 radical (unpaired) electrons. The normalized spacial score (nSPS) is 12.2. The molecule has 0 atom stereocenters. The van der Waals surface area contributed by atoms with Gasteiger partial charge in [0.25, 0.3) is 0 Å². The Morgan fingerprint density at radius 2 is 1.27 bits per heavy atom. The summed E-state index contributed by atoms with van der Waals surface area (Å²) in [5, 5.41) is 11.5. The quantitative estimate of drug-likeness (QED) is 0.169. The van der Waals surface area contributed by atoms with Crippen molar-refractivity contribution >= 4 is 11.1 Å². The second-order valence-electron chi connectivity index (χ2n) is 16.1. The van der Waals surface area contributed by atoms with Crippen LogP contribution in [-0.2, 0) is 37.3 Å². The Hall–Kier alpha value is -4.79. The molecule has 266 valence electrons. The van der Waals surface area contributed by atoms with Crippen LogP contribution in [0, 0.1) is 6.07 Å². The molecular weight excluding hydrogens is 820 g/mol. The first-order chi connectivity index (χ1) is 24.2. The van der Waals surface area contributed by atoms with Crippen molar-refractivity contribution in [1.82, 2.24) is 9.97 Å². The number of benzene rings is 5. The average molecular weight is 865 g/mol. The molecule has 7 rings (SSSR count). The first-order valence-corrected chi connectivity index (χ1v) is 17.6. The molecule has 2 heterocycles. The first kappa shape index (κ1) is 37.0. The Labute approximate surface area is 322 Å². The van der Waals surface area contributed by atoms with Crippen LogP contribution >= 0.6 is 0 Å². The summed E-state index contributed by atoms with van der Waals surface area (Å²) in [7, 11) is 0. The van der Waals surface area contributed by atoms with Gasteiger partial charge in [-0.1, -0.05) is 145 Å². The van der Waals surface area contributed by atoms with Crippen molar-refractivity contribution in [3.05, 3.63) is 150 Å². The molecule has 0 bridgehead atoms. The number of hydrogen-bond donors (Lipinski definition) is 1. The molecule has 0 aliphatic heterocycles. The molecule has 7 aromatic rings. The fourth-order valence-electron chi connectivity index (χ4n) is 6.70. The Morgan fingerprint density at radius 1 is 0.596 bits per heavy atom. The molecule has 5 heteroatoms. The molecular formula is C47H45N2O2Pt-. The fraction of sp³-hybridized carbons (Fsp3) is 0.234. The Balaban J connectivity index is 0.00000464. The Bertz CT molecular complexity index is 2360. The van der Waals surface area contributed by atoms with E-state index in [1.54, 1.807) is 0 Å². The molecule has 5 aromatic carbocycles. The van der Waals surface area contributed by atoms with Gasteiger partial charge in [-0.15, -0.1) is 29.8 Å². The maximum Gasteiger partial charge on any atom is 0.230 e. The predicted molar refractivity (Wildman–Crippen MR) is 210 cm³/mol. The minimum atomic E-state index is -0.264. The molecule has 0 amide bonds. The number of phenols is 1.